The summed E-state index contributed by atoms with van der Waals surface area (Å²) in [7, 11) is 0. The molecule has 26 heavy (non-hydrogen) atoms. The molecule has 0 radical (unpaired) electrons. The molecule has 140 valence electrons. The Bertz CT molecular complexity index is 797. The number of hydrogen-bond donors (Lipinski definition) is 1. The van der Waals surface area contributed by atoms with Crippen LogP contribution in [0.5, 0.6) is 0 Å². The van der Waals surface area contributed by atoms with E-state index in [-0.39, 0.29) is 16.0 Å². The first-order chi connectivity index (χ1) is 12.1. The minimum Gasteiger partial charge on any atom is -0.325 e. The maximum Gasteiger partial charge on any atom is 0.418 e. The van der Waals surface area contributed by atoms with Crippen LogP contribution in [0.3, 0.4) is 0 Å². The van der Waals surface area contributed by atoms with Gasteiger partial charge in [0.25, 0.3) is 0 Å². The van der Waals surface area contributed by atoms with Crippen molar-refractivity contribution in [3.05, 3.63) is 64.4 Å². The molecule has 2 unspecified atom stereocenters. The number of nitrogens with one attached hydrogen (secondary N) is 1. The molecule has 0 heterocycles. The lowest BCUT2D eigenvalue weighted by molar-refractivity contribution is -0.137. The van der Waals surface area contributed by atoms with Gasteiger partial charge in [-0.3, -0.25) is 4.79 Å². The summed E-state index contributed by atoms with van der Waals surface area (Å²) in [6, 6.07) is 9.32. The highest BCUT2D eigenvalue weighted by atomic mass is 35.5. The number of carbonyl (C=O) groups is 1. The number of amides is 1. The van der Waals surface area contributed by atoms with Crippen molar-refractivity contribution >= 4 is 35.0 Å². The Labute approximate surface area is 157 Å². The first-order valence-electron chi connectivity index (χ1n) is 7.67. The molecular formula is C18H16ClF4NOS. The molecule has 2 atom stereocenters. The average molecular weight is 406 g/mol. The minimum atomic E-state index is -4.65. The SMILES string of the molecule is CC(SC(C)c1ccccc1F)C(=O)Nc1ccc(Cl)cc1C(F)(F)F. The predicted molar refractivity (Wildman–Crippen MR) is 97.0 cm³/mol. The molecule has 0 saturated heterocycles. The molecule has 2 aromatic carbocycles. The summed E-state index contributed by atoms with van der Waals surface area (Å²) in [5.74, 6) is -0.997. The van der Waals surface area contributed by atoms with Crippen LogP contribution >= 0.6 is 23.4 Å². The molecular weight excluding hydrogens is 390 g/mol. The molecule has 2 aromatic rings. The number of halogens is 5. The Balaban J connectivity index is 2.12. The molecule has 1 amide bonds. The zero-order valence-electron chi connectivity index (χ0n) is 13.9. The third-order valence-electron chi connectivity index (χ3n) is 3.67. The number of benzene rings is 2. The molecule has 0 saturated carbocycles. The molecule has 2 rings (SSSR count). The summed E-state index contributed by atoms with van der Waals surface area (Å²) in [6.07, 6.45) is -4.65. The second kappa shape index (κ2) is 8.31. The zero-order valence-corrected chi connectivity index (χ0v) is 15.5. The van der Waals surface area contributed by atoms with E-state index < -0.39 is 28.7 Å². The Kier molecular flexibility index (Phi) is 6.58. The largest absolute Gasteiger partial charge is 0.418 e. The van der Waals surface area contributed by atoms with Gasteiger partial charge in [-0.05, 0) is 38.1 Å². The minimum absolute atomic E-state index is 0.0778. The lowest BCUT2D eigenvalue weighted by atomic mass is 10.1. The second-order valence-electron chi connectivity index (χ2n) is 5.62. The summed E-state index contributed by atoms with van der Waals surface area (Å²) >= 11 is 6.77. The van der Waals surface area contributed by atoms with Crippen LogP contribution in [0.4, 0.5) is 23.2 Å². The molecule has 0 fully saturated rings. The lowest BCUT2D eigenvalue weighted by Crippen LogP contribution is -2.25. The van der Waals surface area contributed by atoms with Crippen LogP contribution in [-0.4, -0.2) is 11.2 Å². The smallest absolute Gasteiger partial charge is 0.325 e. The zero-order chi connectivity index (χ0) is 19.5. The van der Waals surface area contributed by atoms with Gasteiger partial charge < -0.3 is 5.32 Å². The van der Waals surface area contributed by atoms with Gasteiger partial charge in [0.1, 0.15) is 5.82 Å². The van der Waals surface area contributed by atoms with Crippen LogP contribution in [0.25, 0.3) is 0 Å². The van der Waals surface area contributed by atoms with Gasteiger partial charge in [-0.1, -0.05) is 29.8 Å². The fourth-order valence-electron chi connectivity index (χ4n) is 2.34. The predicted octanol–water partition coefficient (Wildman–Crippen LogP) is 6.32. The molecule has 0 aliphatic rings. The van der Waals surface area contributed by atoms with Crippen molar-refractivity contribution in [3.63, 3.8) is 0 Å². The van der Waals surface area contributed by atoms with Crippen LogP contribution in [0.15, 0.2) is 42.5 Å². The van der Waals surface area contributed by atoms with Gasteiger partial charge in [0, 0.05) is 15.8 Å². The fraction of sp³-hybridized carbons (Fsp3) is 0.278. The molecule has 0 bridgehead atoms. The van der Waals surface area contributed by atoms with Crippen molar-refractivity contribution in [2.45, 2.75) is 30.5 Å². The monoisotopic (exact) mass is 405 g/mol. The summed E-state index contributed by atoms with van der Waals surface area (Å²) in [5, 5.41) is 1.17. The molecule has 2 nitrogen and oxygen atoms in total. The Morgan fingerprint density at radius 3 is 2.42 bits per heavy atom. The van der Waals surface area contributed by atoms with Crippen molar-refractivity contribution in [1.82, 2.24) is 0 Å². The molecule has 0 aliphatic heterocycles. The maximum atomic E-state index is 13.8. The van der Waals surface area contributed by atoms with E-state index in [9.17, 15) is 22.4 Å². The van der Waals surface area contributed by atoms with E-state index in [1.807, 2.05) is 0 Å². The van der Waals surface area contributed by atoms with Gasteiger partial charge in [0.05, 0.1) is 16.5 Å². The van der Waals surface area contributed by atoms with Crippen LogP contribution in [0, 0.1) is 5.82 Å². The first-order valence-corrected chi connectivity index (χ1v) is 8.99. The van der Waals surface area contributed by atoms with Crippen molar-refractivity contribution < 1.29 is 22.4 Å². The third-order valence-corrected chi connectivity index (χ3v) is 5.19. The summed E-state index contributed by atoms with van der Waals surface area (Å²) in [5.41, 5.74) is -0.949. The normalized spacial score (nSPS) is 14.0. The van der Waals surface area contributed by atoms with E-state index in [0.717, 1.165) is 23.9 Å². The third kappa shape index (κ3) is 5.14. The molecule has 8 heteroatoms. The van der Waals surface area contributed by atoms with Gasteiger partial charge in [0.2, 0.25) is 5.91 Å². The summed E-state index contributed by atoms with van der Waals surface area (Å²) in [6.45, 7) is 3.29. The van der Waals surface area contributed by atoms with Gasteiger partial charge in [-0.25, -0.2) is 4.39 Å². The Morgan fingerprint density at radius 1 is 1.15 bits per heavy atom. The Morgan fingerprint density at radius 2 is 1.81 bits per heavy atom. The summed E-state index contributed by atoms with van der Waals surface area (Å²) in [4.78, 5) is 12.3. The number of hydrogen-bond acceptors (Lipinski definition) is 2. The van der Waals surface area contributed by atoms with E-state index in [4.69, 9.17) is 11.6 Å². The van der Waals surface area contributed by atoms with E-state index in [1.54, 1.807) is 32.0 Å². The number of anilines is 1. The van der Waals surface area contributed by atoms with Gasteiger partial charge in [0.15, 0.2) is 0 Å². The van der Waals surface area contributed by atoms with E-state index in [0.29, 0.717) is 5.56 Å². The standard InChI is InChI=1S/C18H16ClF4NOS/c1-10(13-5-3-4-6-15(13)20)26-11(2)17(25)24-16-8-7-12(19)9-14(16)18(21,22)23/h3-11H,1-2H3,(H,24,25). The van der Waals surface area contributed by atoms with E-state index in [2.05, 4.69) is 5.32 Å². The number of carbonyl (C=O) groups excluding carboxylic acids is 1. The first kappa shape index (κ1) is 20.6. The molecule has 0 aromatic heterocycles. The van der Waals surface area contributed by atoms with Crippen LogP contribution < -0.4 is 5.32 Å². The molecule has 1 N–H and O–H groups in total. The lowest BCUT2D eigenvalue weighted by Gasteiger charge is -2.19. The van der Waals surface area contributed by atoms with E-state index >= 15 is 0 Å². The highest BCUT2D eigenvalue weighted by Crippen LogP contribution is 2.37. The number of rotatable bonds is 5. The fourth-order valence-corrected chi connectivity index (χ4v) is 3.65. The molecule has 0 spiro atoms. The van der Waals surface area contributed by atoms with Gasteiger partial charge >= 0.3 is 6.18 Å². The topological polar surface area (TPSA) is 29.1 Å². The maximum absolute atomic E-state index is 13.8. The van der Waals surface area contributed by atoms with Gasteiger partial charge in [-0.2, -0.15) is 13.2 Å². The van der Waals surface area contributed by atoms with Crippen molar-refractivity contribution in [2.75, 3.05) is 5.32 Å². The van der Waals surface area contributed by atoms with Gasteiger partial charge in [-0.15, -0.1) is 11.8 Å². The van der Waals surface area contributed by atoms with Crippen molar-refractivity contribution in [1.29, 1.82) is 0 Å². The number of thioether (sulfide) groups is 1. The average Bonchev–Trinajstić information content (AvgIpc) is 2.55. The quantitative estimate of drug-likeness (QED) is 0.590. The number of alkyl halides is 3. The van der Waals surface area contributed by atoms with Crippen LogP contribution in [0.1, 0.15) is 30.2 Å². The van der Waals surface area contributed by atoms with Crippen molar-refractivity contribution in [3.8, 4) is 0 Å². The van der Waals surface area contributed by atoms with Crippen LogP contribution in [-0.2, 0) is 11.0 Å². The highest BCUT2D eigenvalue weighted by molar-refractivity contribution is 8.00. The van der Waals surface area contributed by atoms with Crippen LogP contribution in [0.2, 0.25) is 5.02 Å². The van der Waals surface area contributed by atoms with Crippen molar-refractivity contribution in [2.24, 2.45) is 0 Å². The molecule has 0 aliphatic carbocycles. The summed E-state index contributed by atoms with van der Waals surface area (Å²) < 4.78 is 53.1. The van der Waals surface area contributed by atoms with E-state index in [1.165, 1.54) is 12.1 Å². The second-order valence-corrected chi connectivity index (χ2v) is 7.74. The highest BCUT2D eigenvalue weighted by Gasteiger charge is 2.34. The Hall–Kier alpha value is -1.73.